The topological polar surface area (TPSA) is 92.1 Å². The smallest absolute Gasteiger partial charge is 0.325 e. The third-order valence-electron chi connectivity index (χ3n) is 5.48. The Bertz CT molecular complexity index is 1260. The molecule has 0 saturated carbocycles. The van der Waals surface area contributed by atoms with Crippen LogP contribution in [-0.2, 0) is 27.4 Å². The average molecular weight is 506 g/mol. The normalized spacial score (nSPS) is 14.1. The molecule has 2 aromatic rings. The Hall–Kier alpha value is -4.16. The Morgan fingerprint density at radius 2 is 1.97 bits per heavy atom. The summed E-state index contributed by atoms with van der Waals surface area (Å²) in [7, 11) is 2.83. The predicted molar refractivity (Wildman–Crippen MR) is 139 cm³/mol. The number of benzene rings is 2. The van der Waals surface area contributed by atoms with E-state index in [4.69, 9.17) is 26.4 Å². The van der Waals surface area contributed by atoms with Gasteiger partial charge in [0.2, 0.25) is 0 Å². The van der Waals surface area contributed by atoms with Crippen molar-refractivity contribution >= 4 is 35.3 Å². The van der Waals surface area contributed by atoms with E-state index in [0.29, 0.717) is 35.7 Å². The fourth-order valence-electron chi connectivity index (χ4n) is 3.71. The van der Waals surface area contributed by atoms with Gasteiger partial charge in [-0.1, -0.05) is 24.3 Å². The van der Waals surface area contributed by atoms with E-state index in [1.54, 1.807) is 37.4 Å². The van der Waals surface area contributed by atoms with Gasteiger partial charge in [0.1, 0.15) is 18.8 Å². The van der Waals surface area contributed by atoms with Crippen LogP contribution in [0.1, 0.15) is 29.2 Å². The number of likely N-dealkylation sites (N-methyl/N-ethyl adjacent to an activating group) is 1. The first-order valence-electron chi connectivity index (χ1n) is 11.2. The number of nitrogens with zero attached hydrogens (tertiary/aromatic N) is 3. The van der Waals surface area contributed by atoms with Crippen molar-refractivity contribution in [3.63, 3.8) is 0 Å². The highest BCUT2D eigenvalue weighted by molar-refractivity contribution is 7.80. The maximum absolute atomic E-state index is 12.9. The zero-order chi connectivity index (χ0) is 26.2. The number of methoxy groups -OCH3 is 1. The number of allylic oxidation sites excluding steroid dienone is 1. The number of thiocarbonyl (C=S) groups is 1. The quantitative estimate of drug-likeness (QED) is 0.208. The first-order chi connectivity index (χ1) is 17.3. The largest absolute Gasteiger partial charge is 0.490 e. The second kappa shape index (κ2) is 12.0. The highest BCUT2D eigenvalue weighted by Gasteiger charge is 2.36. The minimum atomic E-state index is -0.518. The molecule has 1 aliphatic rings. The van der Waals surface area contributed by atoms with Gasteiger partial charge in [0.05, 0.1) is 25.3 Å². The molecule has 0 atom stereocenters. The van der Waals surface area contributed by atoms with Gasteiger partial charge in [-0.15, -0.1) is 6.58 Å². The summed E-state index contributed by atoms with van der Waals surface area (Å²) in [6.45, 7) is 6.09. The van der Waals surface area contributed by atoms with Crippen LogP contribution < -0.4 is 9.47 Å². The lowest BCUT2D eigenvalue weighted by molar-refractivity contribution is -0.140. The molecule has 0 bridgehead atoms. The SMILES string of the molecule is C=CCc1cc(C=C2C(=O)N(C)C(=S)N2CC(=O)OC)cc(OCC)c1OCc1ccccc1C#N. The van der Waals surface area contributed by atoms with E-state index in [0.717, 1.165) is 11.1 Å². The second-order valence-corrected chi connectivity index (χ2v) is 8.19. The molecule has 9 heteroatoms. The Morgan fingerprint density at radius 1 is 1.22 bits per heavy atom. The van der Waals surface area contributed by atoms with Crippen LogP contribution in [0.2, 0.25) is 0 Å². The van der Waals surface area contributed by atoms with Crippen molar-refractivity contribution in [2.75, 3.05) is 27.3 Å². The third kappa shape index (κ3) is 5.73. The van der Waals surface area contributed by atoms with Gasteiger partial charge in [-0.05, 0) is 55.4 Å². The van der Waals surface area contributed by atoms with E-state index in [2.05, 4.69) is 12.6 Å². The summed E-state index contributed by atoms with van der Waals surface area (Å²) in [6, 6.07) is 13.0. The van der Waals surface area contributed by atoms with Gasteiger partial charge in [0.25, 0.3) is 5.91 Å². The van der Waals surface area contributed by atoms with Gasteiger partial charge in [-0.2, -0.15) is 5.26 Å². The molecule has 0 aliphatic carbocycles. The number of ether oxygens (including phenoxy) is 3. The van der Waals surface area contributed by atoms with Crippen molar-refractivity contribution in [3.8, 4) is 17.6 Å². The van der Waals surface area contributed by atoms with Gasteiger partial charge in [-0.25, -0.2) is 0 Å². The predicted octanol–water partition coefficient (Wildman–Crippen LogP) is 3.84. The molecule has 8 nitrogen and oxygen atoms in total. The molecule has 1 fully saturated rings. The lowest BCUT2D eigenvalue weighted by atomic mass is 10.0. The number of esters is 1. The molecule has 36 heavy (non-hydrogen) atoms. The highest BCUT2D eigenvalue weighted by atomic mass is 32.1. The summed E-state index contributed by atoms with van der Waals surface area (Å²) in [5.74, 6) is 0.165. The van der Waals surface area contributed by atoms with Crippen LogP contribution in [0.5, 0.6) is 11.5 Å². The first-order valence-corrected chi connectivity index (χ1v) is 11.6. The molecule has 0 radical (unpaired) electrons. The van der Waals surface area contributed by atoms with E-state index in [1.165, 1.54) is 16.9 Å². The van der Waals surface area contributed by atoms with Crippen molar-refractivity contribution < 1.29 is 23.8 Å². The number of carbonyl (C=O) groups is 2. The maximum atomic E-state index is 12.9. The minimum absolute atomic E-state index is 0.179. The van der Waals surface area contributed by atoms with E-state index in [-0.39, 0.29) is 29.9 Å². The molecule has 1 aliphatic heterocycles. The Balaban J connectivity index is 2.04. The number of hydrogen-bond donors (Lipinski definition) is 0. The number of rotatable bonds is 10. The summed E-state index contributed by atoms with van der Waals surface area (Å²) in [5.41, 5.74) is 2.99. The van der Waals surface area contributed by atoms with Gasteiger partial charge in [0.15, 0.2) is 16.6 Å². The molecule has 0 N–H and O–H groups in total. The zero-order valence-corrected chi connectivity index (χ0v) is 21.3. The standard InChI is InChI=1S/C27H27N3O5S/c1-5-9-19-12-18(13-22-26(32)29(3)27(36)30(22)16-24(31)33-4)14-23(34-6-2)25(19)35-17-21-11-8-7-10-20(21)15-28/h5,7-8,10-14H,1,6,9,16-17H2,2-4H3. The van der Waals surface area contributed by atoms with Crippen LogP contribution in [0.15, 0.2) is 54.8 Å². The molecule has 1 saturated heterocycles. The average Bonchev–Trinajstić information content (AvgIpc) is 3.07. The summed E-state index contributed by atoms with van der Waals surface area (Å²) in [4.78, 5) is 27.6. The number of amides is 1. The van der Waals surface area contributed by atoms with Crippen molar-refractivity contribution in [2.45, 2.75) is 20.0 Å². The maximum Gasteiger partial charge on any atom is 0.325 e. The number of carbonyl (C=O) groups excluding carboxylic acids is 2. The first kappa shape index (κ1) is 26.4. The zero-order valence-electron chi connectivity index (χ0n) is 20.4. The van der Waals surface area contributed by atoms with Crippen LogP contribution in [0, 0.1) is 11.3 Å². The Labute approximate surface area is 216 Å². The monoisotopic (exact) mass is 505 g/mol. The van der Waals surface area contributed by atoms with Crippen molar-refractivity contribution in [3.05, 3.63) is 77.0 Å². The van der Waals surface area contributed by atoms with Crippen LogP contribution in [-0.4, -0.2) is 54.1 Å². The molecule has 0 unspecified atom stereocenters. The van der Waals surface area contributed by atoms with Crippen LogP contribution >= 0.6 is 12.2 Å². The molecule has 3 rings (SSSR count). The molecule has 0 aromatic heterocycles. The molecule has 1 heterocycles. The van der Waals surface area contributed by atoms with Gasteiger partial charge >= 0.3 is 5.97 Å². The summed E-state index contributed by atoms with van der Waals surface area (Å²) < 4.78 is 16.8. The van der Waals surface area contributed by atoms with E-state index in [9.17, 15) is 14.9 Å². The molecule has 0 spiro atoms. The second-order valence-electron chi connectivity index (χ2n) is 7.83. The number of nitriles is 1. The minimum Gasteiger partial charge on any atom is -0.490 e. The van der Waals surface area contributed by atoms with Gasteiger partial charge < -0.3 is 19.1 Å². The van der Waals surface area contributed by atoms with Crippen molar-refractivity contribution in [1.82, 2.24) is 9.80 Å². The molecule has 2 aromatic carbocycles. The van der Waals surface area contributed by atoms with Crippen molar-refractivity contribution in [2.24, 2.45) is 0 Å². The Kier molecular flexibility index (Phi) is 8.81. The summed E-state index contributed by atoms with van der Waals surface area (Å²) in [6.07, 6.45) is 3.88. The fourth-order valence-corrected chi connectivity index (χ4v) is 3.95. The lowest BCUT2D eigenvalue weighted by Gasteiger charge is -2.19. The van der Waals surface area contributed by atoms with Gasteiger partial charge in [-0.3, -0.25) is 14.5 Å². The summed E-state index contributed by atoms with van der Waals surface area (Å²) >= 11 is 5.36. The van der Waals surface area contributed by atoms with Crippen molar-refractivity contribution in [1.29, 1.82) is 5.26 Å². The number of hydrogen-bond acceptors (Lipinski definition) is 7. The molecule has 186 valence electrons. The third-order valence-corrected chi connectivity index (χ3v) is 5.97. The highest BCUT2D eigenvalue weighted by Crippen LogP contribution is 2.36. The van der Waals surface area contributed by atoms with E-state index >= 15 is 0 Å². The van der Waals surface area contributed by atoms with E-state index in [1.807, 2.05) is 25.1 Å². The molecular formula is C27H27N3O5S. The fraction of sp³-hybridized carbons (Fsp3) is 0.259. The van der Waals surface area contributed by atoms with Crippen LogP contribution in [0.3, 0.4) is 0 Å². The summed E-state index contributed by atoms with van der Waals surface area (Å²) in [5, 5.41) is 9.61. The van der Waals surface area contributed by atoms with Crippen LogP contribution in [0.25, 0.3) is 6.08 Å². The van der Waals surface area contributed by atoms with Crippen LogP contribution in [0.4, 0.5) is 0 Å². The van der Waals surface area contributed by atoms with Gasteiger partial charge in [0, 0.05) is 18.2 Å². The lowest BCUT2D eigenvalue weighted by Crippen LogP contribution is -2.33. The Morgan fingerprint density at radius 3 is 2.64 bits per heavy atom. The van der Waals surface area contributed by atoms with E-state index < -0.39 is 5.97 Å². The molecular weight excluding hydrogens is 478 g/mol. The molecule has 1 amide bonds.